The van der Waals surface area contributed by atoms with Crippen molar-refractivity contribution in [3.8, 4) is 28.9 Å². The molecule has 0 fully saturated rings. The Bertz CT molecular complexity index is 969. The van der Waals surface area contributed by atoms with Gasteiger partial charge in [-0.05, 0) is 49.4 Å². The van der Waals surface area contributed by atoms with Crippen LogP contribution in [0.1, 0.15) is 17.3 Å². The fraction of sp³-hybridized carbons (Fsp3) is 0.167. The number of ether oxygens (including phenoxy) is 3. The number of rotatable bonds is 4. The number of nitrogens with zero attached hydrogens (tertiary/aromatic N) is 3. The number of aromatic nitrogens is 3. The maximum absolute atomic E-state index is 12.9. The van der Waals surface area contributed by atoms with Gasteiger partial charge in [0.05, 0.1) is 6.61 Å². The highest BCUT2D eigenvalue weighted by Crippen LogP contribution is 2.35. The fourth-order valence-electron chi connectivity index (χ4n) is 2.56. The molecule has 0 N–H and O–H groups in total. The summed E-state index contributed by atoms with van der Waals surface area (Å²) in [6.07, 6.45) is 0. The first-order valence-electron chi connectivity index (χ1n) is 7.96. The standard InChI is InChI=1S/C18H14ClN3O4/c1-2-24-18-20-16(12-5-8-14-15(9-12)26-10-25-14)22(21-18)17(23)11-3-6-13(19)7-4-11/h3-9H,2,10H2,1H3. The van der Waals surface area contributed by atoms with Crippen LogP contribution in [0.15, 0.2) is 42.5 Å². The molecule has 0 atom stereocenters. The summed E-state index contributed by atoms with van der Waals surface area (Å²) >= 11 is 5.90. The van der Waals surface area contributed by atoms with Gasteiger partial charge in [0.25, 0.3) is 5.91 Å². The van der Waals surface area contributed by atoms with Crippen LogP contribution >= 0.6 is 11.6 Å². The van der Waals surface area contributed by atoms with Crippen LogP contribution in [0.2, 0.25) is 5.02 Å². The van der Waals surface area contributed by atoms with Gasteiger partial charge in [-0.15, -0.1) is 5.10 Å². The minimum atomic E-state index is -0.340. The lowest BCUT2D eigenvalue weighted by molar-refractivity contribution is 0.0945. The first kappa shape index (κ1) is 16.4. The second kappa shape index (κ2) is 6.68. The van der Waals surface area contributed by atoms with Crippen LogP contribution < -0.4 is 14.2 Å². The molecule has 0 bridgehead atoms. The van der Waals surface area contributed by atoms with Crippen LogP contribution in [-0.4, -0.2) is 34.1 Å². The second-order valence-electron chi connectivity index (χ2n) is 5.44. The molecule has 0 saturated heterocycles. The third-order valence-electron chi connectivity index (χ3n) is 3.78. The Labute approximate surface area is 154 Å². The molecule has 0 radical (unpaired) electrons. The average molecular weight is 372 g/mol. The molecule has 1 aliphatic rings. The molecule has 1 aliphatic heterocycles. The Hall–Kier alpha value is -3.06. The lowest BCUT2D eigenvalue weighted by Gasteiger charge is -2.05. The molecule has 132 valence electrons. The summed E-state index contributed by atoms with van der Waals surface area (Å²) in [6.45, 7) is 2.38. The van der Waals surface area contributed by atoms with E-state index >= 15 is 0 Å². The van der Waals surface area contributed by atoms with Crippen LogP contribution in [0.25, 0.3) is 11.4 Å². The molecule has 3 aromatic rings. The van der Waals surface area contributed by atoms with E-state index in [0.29, 0.717) is 40.1 Å². The highest BCUT2D eigenvalue weighted by molar-refractivity contribution is 6.30. The van der Waals surface area contributed by atoms with Crippen molar-refractivity contribution < 1.29 is 19.0 Å². The van der Waals surface area contributed by atoms with Crippen LogP contribution in [-0.2, 0) is 0 Å². The molecule has 0 amide bonds. The SMILES string of the molecule is CCOc1nc(-c2ccc3c(c2)OCO3)n(C(=O)c2ccc(Cl)cc2)n1. The van der Waals surface area contributed by atoms with Crippen LogP contribution in [0.5, 0.6) is 17.5 Å². The Kier molecular flexibility index (Phi) is 4.22. The van der Waals surface area contributed by atoms with E-state index in [0.717, 1.165) is 0 Å². The van der Waals surface area contributed by atoms with Crippen molar-refractivity contribution in [1.29, 1.82) is 0 Å². The molecular weight excluding hydrogens is 358 g/mol. The maximum atomic E-state index is 12.9. The van der Waals surface area contributed by atoms with Crippen molar-refractivity contribution in [3.63, 3.8) is 0 Å². The summed E-state index contributed by atoms with van der Waals surface area (Å²) < 4.78 is 17.3. The topological polar surface area (TPSA) is 75.5 Å². The van der Waals surface area contributed by atoms with Crippen LogP contribution in [0.4, 0.5) is 0 Å². The molecule has 8 heteroatoms. The van der Waals surface area contributed by atoms with E-state index in [2.05, 4.69) is 10.1 Å². The van der Waals surface area contributed by atoms with Gasteiger partial charge in [-0.3, -0.25) is 4.79 Å². The monoisotopic (exact) mass is 371 g/mol. The van der Waals surface area contributed by atoms with Crippen molar-refractivity contribution in [2.75, 3.05) is 13.4 Å². The molecule has 0 saturated carbocycles. The Morgan fingerprint density at radius 1 is 1.19 bits per heavy atom. The summed E-state index contributed by atoms with van der Waals surface area (Å²) in [5.74, 6) is 1.25. The fourth-order valence-corrected chi connectivity index (χ4v) is 2.69. The van der Waals surface area contributed by atoms with Crippen molar-refractivity contribution in [1.82, 2.24) is 14.8 Å². The number of fused-ring (bicyclic) bond motifs is 1. The number of benzene rings is 2. The van der Waals surface area contributed by atoms with Gasteiger partial charge in [0.2, 0.25) is 6.79 Å². The van der Waals surface area contributed by atoms with E-state index in [-0.39, 0.29) is 18.7 Å². The molecule has 4 rings (SSSR count). The predicted octanol–water partition coefficient (Wildman–Crippen LogP) is 3.41. The lowest BCUT2D eigenvalue weighted by Crippen LogP contribution is -2.15. The van der Waals surface area contributed by atoms with Crippen molar-refractivity contribution in [3.05, 3.63) is 53.1 Å². The normalized spacial score (nSPS) is 12.2. The summed E-state index contributed by atoms with van der Waals surface area (Å²) in [6, 6.07) is 12.0. The number of hydrogen-bond acceptors (Lipinski definition) is 6. The quantitative estimate of drug-likeness (QED) is 0.699. The Balaban J connectivity index is 1.78. The first-order valence-corrected chi connectivity index (χ1v) is 8.33. The molecule has 0 unspecified atom stereocenters. The van der Waals surface area contributed by atoms with Gasteiger partial charge in [-0.2, -0.15) is 9.67 Å². The van der Waals surface area contributed by atoms with E-state index in [4.69, 9.17) is 25.8 Å². The number of hydrogen-bond donors (Lipinski definition) is 0. The molecule has 26 heavy (non-hydrogen) atoms. The van der Waals surface area contributed by atoms with Crippen molar-refractivity contribution in [2.24, 2.45) is 0 Å². The minimum absolute atomic E-state index is 0.127. The maximum Gasteiger partial charge on any atom is 0.336 e. The smallest absolute Gasteiger partial charge is 0.336 e. The van der Waals surface area contributed by atoms with E-state index in [9.17, 15) is 4.79 Å². The molecule has 2 aromatic carbocycles. The van der Waals surface area contributed by atoms with E-state index in [1.165, 1.54) is 4.68 Å². The molecule has 2 heterocycles. The molecule has 0 aliphatic carbocycles. The largest absolute Gasteiger partial charge is 0.463 e. The third-order valence-corrected chi connectivity index (χ3v) is 4.03. The van der Waals surface area contributed by atoms with Crippen LogP contribution in [0.3, 0.4) is 0 Å². The Morgan fingerprint density at radius 2 is 1.96 bits per heavy atom. The highest BCUT2D eigenvalue weighted by atomic mass is 35.5. The molecule has 7 nitrogen and oxygen atoms in total. The summed E-state index contributed by atoms with van der Waals surface area (Å²) in [5.41, 5.74) is 1.10. The summed E-state index contributed by atoms with van der Waals surface area (Å²) in [4.78, 5) is 17.3. The lowest BCUT2D eigenvalue weighted by atomic mass is 10.1. The van der Waals surface area contributed by atoms with Gasteiger partial charge in [0, 0.05) is 16.1 Å². The average Bonchev–Trinajstić information content (AvgIpc) is 3.28. The molecular formula is C18H14ClN3O4. The minimum Gasteiger partial charge on any atom is -0.463 e. The van der Waals surface area contributed by atoms with Gasteiger partial charge in [-0.25, -0.2) is 0 Å². The first-order chi connectivity index (χ1) is 12.7. The third kappa shape index (κ3) is 2.97. The molecule has 0 spiro atoms. The second-order valence-corrected chi connectivity index (χ2v) is 5.88. The van der Waals surface area contributed by atoms with Gasteiger partial charge in [0.1, 0.15) is 0 Å². The number of carbonyl (C=O) groups excluding carboxylic acids is 1. The Morgan fingerprint density at radius 3 is 2.73 bits per heavy atom. The highest BCUT2D eigenvalue weighted by Gasteiger charge is 2.22. The number of halogens is 1. The van der Waals surface area contributed by atoms with Gasteiger partial charge >= 0.3 is 6.01 Å². The van der Waals surface area contributed by atoms with Gasteiger partial charge in [-0.1, -0.05) is 11.6 Å². The van der Waals surface area contributed by atoms with Crippen molar-refractivity contribution in [2.45, 2.75) is 6.92 Å². The number of carbonyl (C=O) groups is 1. The van der Waals surface area contributed by atoms with E-state index in [1.807, 2.05) is 6.92 Å². The van der Waals surface area contributed by atoms with Gasteiger partial charge < -0.3 is 14.2 Å². The zero-order chi connectivity index (χ0) is 18.1. The molecule has 1 aromatic heterocycles. The van der Waals surface area contributed by atoms with Gasteiger partial charge in [0.15, 0.2) is 17.3 Å². The summed E-state index contributed by atoms with van der Waals surface area (Å²) in [7, 11) is 0. The predicted molar refractivity (Wildman–Crippen MR) is 93.9 cm³/mol. The van der Waals surface area contributed by atoms with Crippen LogP contribution in [0, 0.1) is 0 Å². The van der Waals surface area contributed by atoms with Crippen molar-refractivity contribution >= 4 is 17.5 Å². The van der Waals surface area contributed by atoms with E-state index in [1.54, 1.807) is 42.5 Å². The zero-order valence-corrected chi connectivity index (χ0v) is 14.6. The van der Waals surface area contributed by atoms with E-state index < -0.39 is 0 Å². The zero-order valence-electron chi connectivity index (χ0n) is 13.8. The summed E-state index contributed by atoms with van der Waals surface area (Å²) in [5, 5.41) is 4.74.